The Hall–Kier alpha value is -3.36. The predicted octanol–water partition coefficient (Wildman–Crippen LogP) is 5.26. The number of nitrogens with zero attached hydrogens (tertiary/aromatic N) is 2. The molecule has 0 bridgehead atoms. The minimum Gasteiger partial charge on any atom is -0.493 e. The molecule has 1 atom stereocenters. The number of benzene rings is 2. The summed E-state index contributed by atoms with van der Waals surface area (Å²) in [6.45, 7) is 2.46. The van der Waals surface area contributed by atoms with Crippen molar-refractivity contribution in [3.05, 3.63) is 69.8 Å². The molecule has 2 aromatic carbocycles. The highest BCUT2D eigenvalue weighted by atomic mass is 35.5. The van der Waals surface area contributed by atoms with Crippen LogP contribution in [0.1, 0.15) is 35.2 Å². The number of halogens is 2. The zero-order chi connectivity index (χ0) is 23.4. The summed E-state index contributed by atoms with van der Waals surface area (Å²) >= 11 is 12.1. The van der Waals surface area contributed by atoms with E-state index in [4.69, 9.17) is 37.4 Å². The van der Waals surface area contributed by atoms with Gasteiger partial charge in [-0.1, -0.05) is 23.2 Å². The third kappa shape index (κ3) is 5.35. The van der Waals surface area contributed by atoms with Crippen LogP contribution in [0, 0.1) is 0 Å². The van der Waals surface area contributed by atoms with E-state index in [1.54, 1.807) is 49.4 Å². The molecule has 4 rings (SSSR count). The zero-order valence-corrected chi connectivity index (χ0v) is 19.0. The quantitative estimate of drug-likeness (QED) is 0.473. The molecule has 0 radical (unpaired) electrons. The molecule has 1 amide bonds. The molecule has 0 aliphatic carbocycles. The van der Waals surface area contributed by atoms with Gasteiger partial charge in [-0.05, 0) is 55.8 Å². The van der Waals surface area contributed by atoms with Gasteiger partial charge in [0.05, 0.1) is 24.2 Å². The van der Waals surface area contributed by atoms with Gasteiger partial charge in [0.25, 0.3) is 5.91 Å². The van der Waals surface area contributed by atoms with Crippen LogP contribution in [0.5, 0.6) is 17.2 Å². The van der Waals surface area contributed by atoms with E-state index >= 15 is 0 Å². The Kier molecular flexibility index (Phi) is 6.96. The molecule has 1 aliphatic heterocycles. The van der Waals surface area contributed by atoms with Gasteiger partial charge in [-0.15, -0.1) is 10.2 Å². The van der Waals surface area contributed by atoms with E-state index in [9.17, 15) is 9.59 Å². The number of carbonyl (C=O) groups excluding carboxylic acids is 2. The minimum atomic E-state index is -0.427. The fourth-order valence-corrected chi connectivity index (χ4v) is 3.64. The molecule has 1 N–H and O–H groups in total. The Balaban J connectivity index is 1.47. The summed E-state index contributed by atoms with van der Waals surface area (Å²) in [6, 6.07) is 12.9. The molecule has 170 valence electrons. The van der Waals surface area contributed by atoms with Gasteiger partial charge in [0, 0.05) is 17.2 Å². The van der Waals surface area contributed by atoms with E-state index in [0.29, 0.717) is 53.0 Å². The summed E-state index contributed by atoms with van der Waals surface area (Å²) in [5.41, 5.74) is 1.07. The number of esters is 1. The molecule has 0 saturated carbocycles. The maximum Gasteiger partial charge on any atom is 0.313 e. The van der Waals surface area contributed by atoms with Crippen LogP contribution in [0.4, 0.5) is 5.82 Å². The van der Waals surface area contributed by atoms with Crippen molar-refractivity contribution in [2.24, 2.45) is 0 Å². The van der Waals surface area contributed by atoms with Crippen molar-refractivity contribution in [2.75, 3.05) is 18.5 Å². The largest absolute Gasteiger partial charge is 0.493 e. The second kappa shape index (κ2) is 10.1. The first-order chi connectivity index (χ1) is 15.9. The first-order valence-corrected chi connectivity index (χ1v) is 10.9. The van der Waals surface area contributed by atoms with E-state index in [2.05, 4.69) is 15.5 Å². The van der Waals surface area contributed by atoms with Crippen LogP contribution in [-0.2, 0) is 9.53 Å². The van der Waals surface area contributed by atoms with E-state index in [1.165, 1.54) is 6.07 Å². The van der Waals surface area contributed by atoms with Crippen molar-refractivity contribution in [2.45, 2.75) is 19.3 Å². The van der Waals surface area contributed by atoms with Crippen molar-refractivity contribution in [1.29, 1.82) is 0 Å². The Bertz CT molecular complexity index is 1170. The van der Waals surface area contributed by atoms with E-state index in [-0.39, 0.29) is 22.8 Å². The van der Waals surface area contributed by atoms with Crippen LogP contribution in [-0.4, -0.2) is 35.3 Å². The lowest BCUT2D eigenvalue weighted by Gasteiger charge is -2.25. The molecular weight excluding hydrogens is 469 g/mol. The number of nitrogens with one attached hydrogen (secondary N) is 1. The topological polar surface area (TPSA) is 99.6 Å². The number of fused-ring (bicyclic) bond motifs is 1. The molecule has 33 heavy (non-hydrogen) atoms. The predicted molar refractivity (Wildman–Crippen MR) is 122 cm³/mol. The fraction of sp³-hybridized carbons (Fsp3) is 0.217. The third-order valence-corrected chi connectivity index (χ3v) is 5.39. The third-order valence-electron chi connectivity index (χ3n) is 4.89. The van der Waals surface area contributed by atoms with Gasteiger partial charge in [-0.3, -0.25) is 9.59 Å². The van der Waals surface area contributed by atoms with Crippen LogP contribution in [0.15, 0.2) is 48.5 Å². The lowest BCUT2D eigenvalue weighted by atomic mass is 9.93. The van der Waals surface area contributed by atoms with Crippen molar-refractivity contribution >= 4 is 40.9 Å². The molecule has 10 heteroatoms. The fourth-order valence-electron chi connectivity index (χ4n) is 3.33. The van der Waals surface area contributed by atoms with E-state index in [0.717, 1.165) is 0 Å². The van der Waals surface area contributed by atoms with Gasteiger partial charge in [-0.25, -0.2) is 0 Å². The highest BCUT2D eigenvalue weighted by Crippen LogP contribution is 2.42. The minimum absolute atomic E-state index is 0.233. The number of hydrogen-bond acceptors (Lipinski definition) is 7. The van der Waals surface area contributed by atoms with Crippen molar-refractivity contribution < 1.29 is 23.8 Å². The monoisotopic (exact) mass is 487 g/mol. The second-order valence-corrected chi connectivity index (χ2v) is 7.88. The Morgan fingerprint density at radius 2 is 1.91 bits per heavy atom. The number of amides is 1. The highest BCUT2D eigenvalue weighted by Gasteiger charge is 2.30. The first kappa shape index (κ1) is 22.8. The van der Waals surface area contributed by atoms with Gasteiger partial charge in [0.15, 0.2) is 11.0 Å². The summed E-state index contributed by atoms with van der Waals surface area (Å²) in [6.07, 6.45) is 0.521. The van der Waals surface area contributed by atoms with Crippen LogP contribution in [0.3, 0.4) is 0 Å². The lowest BCUT2D eigenvalue weighted by Crippen LogP contribution is -2.23. The average molecular weight is 488 g/mol. The lowest BCUT2D eigenvalue weighted by molar-refractivity contribution is -0.145. The van der Waals surface area contributed by atoms with Crippen LogP contribution in [0.2, 0.25) is 10.2 Å². The van der Waals surface area contributed by atoms with Gasteiger partial charge in [0.2, 0.25) is 0 Å². The molecule has 3 aromatic rings. The van der Waals surface area contributed by atoms with Crippen molar-refractivity contribution in [3.63, 3.8) is 0 Å². The number of hydrogen-bond donors (Lipinski definition) is 1. The number of aromatic nitrogens is 2. The van der Waals surface area contributed by atoms with E-state index < -0.39 is 5.92 Å². The van der Waals surface area contributed by atoms with Crippen LogP contribution < -0.4 is 14.8 Å². The number of carbonyl (C=O) groups is 2. The van der Waals surface area contributed by atoms with Gasteiger partial charge in [-0.2, -0.15) is 0 Å². The molecular formula is C23H19Cl2N3O5. The van der Waals surface area contributed by atoms with Gasteiger partial charge >= 0.3 is 5.97 Å². The van der Waals surface area contributed by atoms with Crippen LogP contribution in [0.25, 0.3) is 0 Å². The maximum absolute atomic E-state index is 12.4. The summed E-state index contributed by atoms with van der Waals surface area (Å²) in [5.74, 6) is 0.563. The normalized spacial score (nSPS) is 14.6. The number of rotatable bonds is 6. The standard InChI is InChI=1S/C23H19Cl2N3O5/c1-2-31-23(30)15-9-10-32-18-12-19(17(24)11-16(15)18)33-14-5-3-13(4-6-14)22(29)26-21-8-7-20(25)27-28-21/h3-8,11-12,15H,2,9-10H2,1H3,(H,26,28,29). The summed E-state index contributed by atoms with van der Waals surface area (Å²) in [7, 11) is 0. The first-order valence-electron chi connectivity index (χ1n) is 10.2. The molecule has 1 aromatic heterocycles. The number of anilines is 1. The summed E-state index contributed by atoms with van der Waals surface area (Å²) in [4.78, 5) is 24.7. The SMILES string of the molecule is CCOC(=O)C1CCOc2cc(Oc3ccc(C(=O)Nc4ccc(Cl)nn4)cc3)c(Cl)cc21. The molecule has 1 aliphatic rings. The molecule has 1 unspecified atom stereocenters. The molecule has 0 spiro atoms. The van der Waals surface area contributed by atoms with Gasteiger partial charge < -0.3 is 19.5 Å². The zero-order valence-electron chi connectivity index (χ0n) is 17.5. The smallest absolute Gasteiger partial charge is 0.313 e. The van der Waals surface area contributed by atoms with Crippen LogP contribution >= 0.6 is 23.2 Å². The maximum atomic E-state index is 12.4. The molecule has 2 heterocycles. The Morgan fingerprint density at radius 3 is 2.61 bits per heavy atom. The summed E-state index contributed by atoms with van der Waals surface area (Å²) < 4.78 is 16.8. The van der Waals surface area contributed by atoms with Gasteiger partial charge in [0.1, 0.15) is 17.2 Å². The Morgan fingerprint density at radius 1 is 1.12 bits per heavy atom. The van der Waals surface area contributed by atoms with Crippen molar-refractivity contribution in [3.8, 4) is 17.2 Å². The average Bonchev–Trinajstić information content (AvgIpc) is 2.81. The highest BCUT2D eigenvalue weighted by molar-refractivity contribution is 6.32. The molecule has 8 nitrogen and oxygen atoms in total. The second-order valence-electron chi connectivity index (χ2n) is 7.08. The Labute approximate surface area is 199 Å². The molecule has 0 fully saturated rings. The van der Waals surface area contributed by atoms with Crippen molar-refractivity contribution in [1.82, 2.24) is 10.2 Å². The number of ether oxygens (including phenoxy) is 3. The summed E-state index contributed by atoms with van der Waals surface area (Å²) in [5, 5.41) is 10.7. The molecule has 0 saturated heterocycles. The van der Waals surface area contributed by atoms with E-state index in [1.807, 2.05) is 0 Å².